The van der Waals surface area contributed by atoms with Gasteiger partial charge < -0.3 is 19.7 Å². The number of halogens is 1. The van der Waals surface area contributed by atoms with Gasteiger partial charge >= 0.3 is 0 Å². The zero-order valence-electron chi connectivity index (χ0n) is 17.1. The minimum atomic E-state index is -0.668. The van der Waals surface area contributed by atoms with Gasteiger partial charge in [-0.25, -0.2) is 0 Å². The smallest absolute Gasteiger partial charge is 0.261 e. The van der Waals surface area contributed by atoms with Crippen molar-refractivity contribution in [2.45, 2.75) is 39.4 Å². The molecule has 0 aliphatic heterocycles. The maximum Gasteiger partial charge on any atom is 0.261 e. The van der Waals surface area contributed by atoms with E-state index in [1.165, 1.54) is 4.90 Å². The number of carbonyl (C=O) groups excluding carboxylic acids is 2. The lowest BCUT2D eigenvalue weighted by molar-refractivity contribution is -0.142. The number of ether oxygens (including phenoxy) is 2. The van der Waals surface area contributed by atoms with Crippen LogP contribution >= 0.6 is 11.6 Å². The first-order valence-electron chi connectivity index (χ1n) is 9.41. The summed E-state index contributed by atoms with van der Waals surface area (Å²) in [4.78, 5) is 27.0. The Kier molecular flexibility index (Phi) is 8.34. The van der Waals surface area contributed by atoms with Crippen LogP contribution in [0.5, 0.6) is 11.5 Å². The van der Waals surface area contributed by atoms with Gasteiger partial charge in [-0.15, -0.1) is 0 Å². The van der Waals surface area contributed by atoms with Gasteiger partial charge in [-0.1, -0.05) is 29.8 Å². The molecule has 2 amide bonds. The summed E-state index contributed by atoms with van der Waals surface area (Å²) in [5.41, 5.74) is 0.852. The van der Waals surface area contributed by atoms with Gasteiger partial charge in [0.15, 0.2) is 6.61 Å². The molecule has 2 aromatic rings. The quantitative estimate of drug-likeness (QED) is 0.674. The minimum Gasteiger partial charge on any atom is -0.497 e. The highest BCUT2D eigenvalue weighted by Crippen LogP contribution is 2.19. The SMILES string of the molecule is COc1cccc(CN(C(=O)COc2cccc(Cl)c2)[C@@H](C)C(=O)NC(C)C)c1. The summed E-state index contributed by atoms with van der Waals surface area (Å²) in [5.74, 6) is 0.647. The third kappa shape index (κ3) is 6.98. The molecule has 0 saturated heterocycles. The lowest BCUT2D eigenvalue weighted by Crippen LogP contribution is -2.50. The summed E-state index contributed by atoms with van der Waals surface area (Å²) in [5, 5.41) is 3.37. The zero-order valence-corrected chi connectivity index (χ0v) is 17.9. The number of nitrogens with one attached hydrogen (secondary N) is 1. The van der Waals surface area contributed by atoms with Crippen molar-refractivity contribution in [2.75, 3.05) is 13.7 Å². The third-order valence-electron chi connectivity index (χ3n) is 4.24. The summed E-state index contributed by atoms with van der Waals surface area (Å²) in [6.45, 7) is 5.50. The predicted octanol–water partition coefficient (Wildman–Crippen LogP) is 3.67. The third-order valence-corrected chi connectivity index (χ3v) is 4.48. The average molecular weight is 419 g/mol. The van der Waals surface area contributed by atoms with Crippen molar-refractivity contribution in [3.8, 4) is 11.5 Å². The largest absolute Gasteiger partial charge is 0.497 e. The van der Waals surface area contributed by atoms with Crippen molar-refractivity contribution < 1.29 is 19.1 Å². The fourth-order valence-electron chi connectivity index (χ4n) is 2.74. The Morgan fingerprint density at radius 2 is 1.76 bits per heavy atom. The first-order chi connectivity index (χ1) is 13.8. The molecule has 6 nitrogen and oxygen atoms in total. The van der Waals surface area contributed by atoms with Crippen molar-refractivity contribution in [3.63, 3.8) is 0 Å². The van der Waals surface area contributed by atoms with Gasteiger partial charge in [0.25, 0.3) is 5.91 Å². The van der Waals surface area contributed by atoms with Crippen LogP contribution in [0.1, 0.15) is 26.3 Å². The molecule has 2 aromatic carbocycles. The molecule has 156 valence electrons. The van der Waals surface area contributed by atoms with Gasteiger partial charge in [0.2, 0.25) is 5.91 Å². The number of hydrogen-bond donors (Lipinski definition) is 1. The van der Waals surface area contributed by atoms with E-state index in [2.05, 4.69) is 5.32 Å². The van der Waals surface area contributed by atoms with Crippen LogP contribution in [0.3, 0.4) is 0 Å². The molecule has 0 aromatic heterocycles. The number of methoxy groups -OCH3 is 1. The van der Waals surface area contributed by atoms with Crippen molar-refractivity contribution in [2.24, 2.45) is 0 Å². The van der Waals surface area contributed by atoms with Crippen molar-refractivity contribution >= 4 is 23.4 Å². The maximum atomic E-state index is 12.9. The topological polar surface area (TPSA) is 67.9 Å². The van der Waals surface area contributed by atoms with E-state index in [1.54, 1.807) is 38.3 Å². The van der Waals surface area contributed by atoms with Crippen LogP contribution in [0.4, 0.5) is 0 Å². The van der Waals surface area contributed by atoms with Crippen LogP contribution in [0.25, 0.3) is 0 Å². The normalized spacial score (nSPS) is 11.7. The van der Waals surface area contributed by atoms with Crippen LogP contribution in [0.15, 0.2) is 48.5 Å². The Bertz CT molecular complexity index is 841. The zero-order chi connectivity index (χ0) is 21.4. The minimum absolute atomic E-state index is 0.0265. The Labute approximate surface area is 176 Å². The van der Waals surface area contributed by atoms with Gasteiger partial charge in [-0.2, -0.15) is 0 Å². The molecule has 7 heteroatoms. The molecule has 0 spiro atoms. The molecule has 0 aliphatic rings. The van der Waals surface area contributed by atoms with Crippen LogP contribution in [0, 0.1) is 0 Å². The van der Waals surface area contributed by atoms with Crippen LogP contribution in [0.2, 0.25) is 5.02 Å². The number of amides is 2. The van der Waals surface area contributed by atoms with Crippen LogP contribution < -0.4 is 14.8 Å². The molecular weight excluding hydrogens is 392 g/mol. The van der Waals surface area contributed by atoms with Gasteiger partial charge in [0, 0.05) is 17.6 Å². The van der Waals surface area contributed by atoms with E-state index in [1.807, 2.05) is 38.1 Å². The molecule has 2 rings (SSSR count). The fraction of sp³-hybridized carbons (Fsp3) is 0.364. The molecule has 0 aliphatic carbocycles. The van der Waals surface area contributed by atoms with Crippen LogP contribution in [-0.2, 0) is 16.1 Å². The molecule has 0 bridgehead atoms. The van der Waals surface area contributed by atoms with Crippen molar-refractivity contribution in [1.29, 1.82) is 0 Å². The van der Waals surface area contributed by atoms with Gasteiger partial charge in [0.05, 0.1) is 7.11 Å². The highest BCUT2D eigenvalue weighted by molar-refractivity contribution is 6.30. The number of carbonyl (C=O) groups is 2. The van der Waals surface area contributed by atoms with E-state index in [9.17, 15) is 9.59 Å². The van der Waals surface area contributed by atoms with E-state index >= 15 is 0 Å². The van der Waals surface area contributed by atoms with E-state index < -0.39 is 6.04 Å². The molecule has 0 heterocycles. The van der Waals surface area contributed by atoms with Crippen LogP contribution in [-0.4, -0.2) is 42.5 Å². The highest BCUT2D eigenvalue weighted by atomic mass is 35.5. The summed E-state index contributed by atoms with van der Waals surface area (Å²) >= 11 is 5.96. The van der Waals surface area contributed by atoms with Crippen molar-refractivity contribution in [3.05, 3.63) is 59.1 Å². The average Bonchev–Trinajstić information content (AvgIpc) is 2.69. The molecule has 0 saturated carbocycles. The molecule has 0 unspecified atom stereocenters. The van der Waals surface area contributed by atoms with E-state index in [0.29, 0.717) is 16.5 Å². The molecule has 1 atom stereocenters. The lowest BCUT2D eigenvalue weighted by atomic mass is 10.1. The van der Waals surface area contributed by atoms with E-state index in [4.69, 9.17) is 21.1 Å². The number of rotatable bonds is 9. The first kappa shape index (κ1) is 22.6. The number of nitrogens with zero attached hydrogens (tertiary/aromatic N) is 1. The van der Waals surface area contributed by atoms with Gasteiger partial charge in [-0.05, 0) is 56.7 Å². The predicted molar refractivity (Wildman–Crippen MR) is 113 cm³/mol. The summed E-state index contributed by atoms with van der Waals surface area (Å²) in [6, 6.07) is 13.5. The Morgan fingerprint density at radius 1 is 1.07 bits per heavy atom. The van der Waals surface area contributed by atoms with E-state index in [0.717, 1.165) is 5.56 Å². The second kappa shape index (κ2) is 10.7. The second-order valence-corrected chi connectivity index (χ2v) is 7.39. The Morgan fingerprint density at radius 3 is 2.41 bits per heavy atom. The molecule has 0 fully saturated rings. The molecule has 1 N–H and O–H groups in total. The first-order valence-corrected chi connectivity index (χ1v) is 9.79. The van der Waals surface area contributed by atoms with E-state index in [-0.39, 0.29) is 31.0 Å². The Balaban J connectivity index is 2.17. The second-order valence-electron chi connectivity index (χ2n) is 6.96. The fourth-order valence-corrected chi connectivity index (χ4v) is 2.92. The summed E-state index contributed by atoms with van der Waals surface area (Å²) < 4.78 is 10.8. The molecule has 0 radical (unpaired) electrons. The maximum absolute atomic E-state index is 12.9. The summed E-state index contributed by atoms with van der Waals surface area (Å²) in [6.07, 6.45) is 0. The van der Waals surface area contributed by atoms with Gasteiger partial charge in [0.1, 0.15) is 17.5 Å². The highest BCUT2D eigenvalue weighted by Gasteiger charge is 2.27. The van der Waals surface area contributed by atoms with Gasteiger partial charge in [-0.3, -0.25) is 9.59 Å². The standard InChI is InChI=1S/C22H27ClN2O4/c1-15(2)24-22(27)16(3)25(13-17-7-5-9-19(11-17)28-4)21(26)14-29-20-10-6-8-18(23)12-20/h5-12,15-16H,13-14H2,1-4H3,(H,24,27)/t16-/m0/s1. The number of hydrogen-bond acceptors (Lipinski definition) is 4. The van der Waals surface area contributed by atoms with Crippen molar-refractivity contribution in [1.82, 2.24) is 10.2 Å². The number of benzene rings is 2. The monoisotopic (exact) mass is 418 g/mol. The molecular formula is C22H27ClN2O4. The Hall–Kier alpha value is -2.73. The lowest BCUT2D eigenvalue weighted by Gasteiger charge is -2.29. The molecule has 29 heavy (non-hydrogen) atoms. The summed E-state index contributed by atoms with van der Waals surface area (Å²) in [7, 11) is 1.58.